The Kier molecular flexibility index (Phi) is 4.52. The molecule has 1 aliphatic carbocycles. The van der Waals surface area contributed by atoms with Crippen LogP contribution in [0.1, 0.15) is 52.0 Å². The zero-order valence-electron chi connectivity index (χ0n) is 16.1. The molecule has 9 heteroatoms. The lowest BCUT2D eigenvalue weighted by Crippen LogP contribution is -2.44. The Labute approximate surface area is 162 Å². The van der Waals surface area contributed by atoms with Crippen LogP contribution in [-0.2, 0) is 9.59 Å². The van der Waals surface area contributed by atoms with E-state index in [0.29, 0.717) is 18.5 Å². The molecule has 1 spiro atoms. The number of hydrogen-bond donors (Lipinski definition) is 2. The molecule has 0 unspecified atom stereocenters. The van der Waals surface area contributed by atoms with Crippen LogP contribution in [0.4, 0.5) is 10.5 Å². The third-order valence-corrected chi connectivity index (χ3v) is 5.47. The van der Waals surface area contributed by atoms with Gasteiger partial charge in [0.1, 0.15) is 5.54 Å². The second-order valence-electron chi connectivity index (χ2n) is 7.79. The number of imide groups is 1. The Bertz CT molecular complexity index is 944. The van der Waals surface area contributed by atoms with E-state index in [1.165, 1.54) is 4.90 Å². The van der Waals surface area contributed by atoms with E-state index in [1.54, 1.807) is 12.4 Å². The van der Waals surface area contributed by atoms with Crippen molar-refractivity contribution in [3.05, 3.63) is 18.5 Å². The highest BCUT2D eigenvalue weighted by Gasteiger charge is 2.52. The van der Waals surface area contributed by atoms with E-state index < -0.39 is 11.6 Å². The lowest BCUT2D eigenvalue weighted by atomic mass is 9.98. The molecule has 2 aromatic rings. The summed E-state index contributed by atoms with van der Waals surface area (Å²) < 4.78 is 1.82. The maximum atomic E-state index is 12.6. The number of aromatic nitrogens is 3. The molecular weight excluding hydrogens is 360 g/mol. The lowest BCUT2D eigenvalue weighted by Gasteiger charge is -2.19. The molecule has 1 saturated heterocycles. The highest BCUT2D eigenvalue weighted by molar-refractivity contribution is 6.07. The van der Waals surface area contributed by atoms with Gasteiger partial charge in [-0.15, -0.1) is 0 Å². The van der Waals surface area contributed by atoms with Crippen LogP contribution in [0.5, 0.6) is 0 Å². The minimum Gasteiger partial charge on any atom is -0.325 e. The Morgan fingerprint density at radius 3 is 2.75 bits per heavy atom. The summed E-state index contributed by atoms with van der Waals surface area (Å²) in [5, 5.41) is 10.7. The second-order valence-corrected chi connectivity index (χ2v) is 7.79. The average molecular weight is 384 g/mol. The fourth-order valence-corrected chi connectivity index (χ4v) is 4.02. The number of anilines is 1. The summed E-state index contributed by atoms with van der Waals surface area (Å²) in [7, 11) is 0. The molecular formula is C19H24N6O3. The summed E-state index contributed by atoms with van der Waals surface area (Å²) in [6.07, 6.45) is 6.56. The normalized spacial score (nSPS) is 18.5. The van der Waals surface area contributed by atoms with E-state index >= 15 is 0 Å². The maximum absolute atomic E-state index is 12.6. The van der Waals surface area contributed by atoms with Gasteiger partial charge in [-0.2, -0.15) is 5.10 Å². The molecule has 2 N–H and O–H groups in total. The lowest BCUT2D eigenvalue weighted by molar-refractivity contribution is -0.131. The van der Waals surface area contributed by atoms with E-state index in [2.05, 4.69) is 20.7 Å². The molecule has 28 heavy (non-hydrogen) atoms. The monoisotopic (exact) mass is 384 g/mol. The van der Waals surface area contributed by atoms with Crippen molar-refractivity contribution in [1.82, 2.24) is 25.0 Å². The van der Waals surface area contributed by atoms with Gasteiger partial charge in [0.05, 0.1) is 18.1 Å². The fourth-order valence-electron chi connectivity index (χ4n) is 4.02. The number of urea groups is 1. The van der Waals surface area contributed by atoms with Crippen molar-refractivity contribution in [2.75, 3.05) is 11.9 Å². The van der Waals surface area contributed by atoms with E-state index in [1.807, 2.05) is 24.6 Å². The molecule has 1 aliphatic heterocycles. The van der Waals surface area contributed by atoms with Gasteiger partial charge in [0.2, 0.25) is 5.91 Å². The van der Waals surface area contributed by atoms with Crippen molar-refractivity contribution in [3.8, 4) is 0 Å². The van der Waals surface area contributed by atoms with E-state index in [4.69, 9.17) is 0 Å². The maximum Gasteiger partial charge on any atom is 0.325 e. The van der Waals surface area contributed by atoms with Crippen LogP contribution in [0.2, 0.25) is 0 Å². The van der Waals surface area contributed by atoms with Crippen LogP contribution in [0, 0.1) is 0 Å². The number of nitrogens with zero attached hydrogens (tertiary/aromatic N) is 4. The molecule has 4 rings (SSSR count). The van der Waals surface area contributed by atoms with Gasteiger partial charge < -0.3 is 10.6 Å². The van der Waals surface area contributed by atoms with Crippen LogP contribution in [0.3, 0.4) is 0 Å². The van der Waals surface area contributed by atoms with Crippen LogP contribution < -0.4 is 10.6 Å². The summed E-state index contributed by atoms with van der Waals surface area (Å²) in [6.45, 7) is 4.11. The highest BCUT2D eigenvalue weighted by atomic mass is 16.2. The SMILES string of the molecule is CC(C)n1ncc2cc(NC(=O)CCN3C(=O)NC4(CCCC4)C3=O)cnc21. The topological polar surface area (TPSA) is 109 Å². The molecule has 148 valence electrons. The van der Waals surface area contributed by atoms with Gasteiger partial charge in [0.15, 0.2) is 5.65 Å². The molecule has 0 aromatic carbocycles. The standard InChI is InChI=1S/C19H24N6O3/c1-12(2)25-16-13(10-21-25)9-14(11-20-16)22-15(26)5-8-24-17(27)19(23-18(24)28)6-3-4-7-19/h9-12H,3-8H2,1-2H3,(H,22,26)(H,23,28). The second kappa shape index (κ2) is 6.88. The Hall–Kier alpha value is -2.97. The minimum atomic E-state index is -0.737. The van der Waals surface area contributed by atoms with E-state index in [-0.39, 0.29) is 30.8 Å². The predicted molar refractivity (Wildman–Crippen MR) is 103 cm³/mol. The summed E-state index contributed by atoms with van der Waals surface area (Å²) in [5.74, 6) is -0.475. The summed E-state index contributed by atoms with van der Waals surface area (Å²) in [4.78, 5) is 42.6. The molecule has 4 amide bonds. The van der Waals surface area contributed by atoms with Crippen molar-refractivity contribution in [2.45, 2.75) is 57.5 Å². The Morgan fingerprint density at radius 2 is 2.04 bits per heavy atom. The van der Waals surface area contributed by atoms with Crippen molar-refractivity contribution < 1.29 is 14.4 Å². The summed E-state index contributed by atoms with van der Waals surface area (Å²) in [6, 6.07) is 1.61. The molecule has 0 radical (unpaired) electrons. The van der Waals surface area contributed by atoms with Crippen LogP contribution in [0.25, 0.3) is 11.0 Å². The van der Waals surface area contributed by atoms with Crippen molar-refractivity contribution >= 4 is 34.6 Å². The smallest absolute Gasteiger partial charge is 0.325 e. The molecule has 0 bridgehead atoms. The fraction of sp³-hybridized carbons (Fsp3) is 0.526. The third kappa shape index (κ3) is 3.10. The number of pyridine rings is 1. The quantitative estimate of drug-likeness (QED) is 0.768. The zero-order chi connectivity index (χ0) is 19.9. The average Bonchev–Trinajstić information content (AvgIpc) is 3.33. The Morgan fingerprint density at radius 1 is 1.29 bits per heavy atom. The molecule has 9 nitrogen and oxygen atoms in total. The number of amides is 4. The van der Waals surface area contributed by atoms with E-state index in [9.17, 15) is 14.4 Å². The molecule has 2 aliphatic rings. The summed E-state index contributed by atoms with van der Waals surface area (Å²) in [5.41, 5.74) is 0.582. The number of hydrogen-bond acceptors (Lipinski definition) is 5. The molecule has 1 saturated carbocycles. The third-order valence-electron chi connectivity index (χ3n) is 5.47. The van der Waals surface area contributed by atoms with Gasteiger partial charge in [-0.1, -0.05) is 12.8 Å². The summed E-state index contributed by atoms with van der Waals surface area (Å²) >= 11 is 0. The highest BCUT2D eigenvalue weighted by Crippen LogP contribution is 2.35. The van der Waals surface area contributed by atoms with Crippen molar-refractivity contribution in [2.24, 2.45) is 0 Å². The molecule has 2 aromatic heterocycles. The first-order chi connectivity index (χ1) is 13.4. The molecule has 2 fully saturated rings. The number of nitrogens with one attached hydrogen (secondary N) is 2. The molecule has 3 heterocycles. The number of rotatable bonds is 5. The number of fused-ring (bicyclic) bond motifs is 1. The van der Waals surface area contributed by atoms with Crippen molar-refractivity contribution in [1.29, 1.82) is 0 Å². The van der Waals surface area contributed by atoms with Crippen LogP contribution >= 0.6 is 0 Å². The predicted octanol–water partition coefficient (Wildman–Crippen LogP) is 2.21. The van der Waals surface area contributed by atoms with Gasteiger partial charge in [0, 0.05) is 24.4 Å². The zero-order valence-corrected chi connectivity index (χ0v) is 16.1. The van der Waals surface area contributed by atoms with Gasteiger partial charge in [0.25, 0.3) is 5.91 Å². The minimum absolute atomic E-state index is 0.0402. The first-order valence-electron chi connectivity index (χ1n) is 9.67. The van der Waals surface area contributed by atoms with Gasteiger partial charge in [-0.05, 0) is 32.8 Å². The first kappa shape index (κ1) is 18.4. The van der Waals surface area contributed by atoms with Gasteiger partial charge >= 0.3 is 6.03 Å². The first-order valence-corrected chi connectivity index (χ1v) is 9.67. The molecule has 0 atom stereocenters. The largest absolute Gasteiger partial charge is 0.325 e. The van der Waals surface area contributed by atoms with Crippen LogP contribution in [-0.4, -0.2) is 49.6 Å². The van der Waals surface area contributed by atoms with Crippen molar-refractivity contribution in [3.63, 3.8) is 0 Å². The number of carbonyl (C=O) groups is 3. The Balaban J connectivity index is 1.38. The van der Waals surface area contributed by atoms with Crippen LogP contribution in [0.15, 0.2) is 18.5 Å². The van der Waals surface area contributed by atoms with Gasteiger partial charge in [-0.25, -0.2) is 14.5 Å². The number of carbonyl (C=O) groups excluding carboxylic acids is 3. The van der Waals surface area contributed by atoms with Gasteiger partial charge in [-0.3, -0.25) is 14.5 Å². The van der Waals surface area contributed by atoms with E-state index in [0.717, 1.165) is 23.9 Å².